The standard InChI is InChI=1S/C15H14FN3O4S/c1-17-12(20)6-18-13(21)7-23-15(22)11-8-24-14(19-11)9-2-4-10(16)5-3-9/h2-5,8H,6-7H2,1H3,(H,17,20)(H,18,21). The molecule has 9 heteroatoms. The Hall–Kier alpha value is -2.81. The van der Waals surface area contributed by atoms with E-state index in [1.807, 2.05) is 0 Å². The van der Waals surface area contributed by atoms with E-state index in [9.17, 15) is 18.8 Å². The first kappa shape index (κ1) is 17.5. The number of hydrogen-bond donors (Lipinski definition) is 2. The highest BCUT2D eigenvalue weighted by Gasteiger charge is 2.15. The van der Waals surface area contributed by atoms with Gasteiger partial charge in [-0.25, -0.2) is 14.2 Å². The second kappa shape index (κ2) is 8.16. The summed E-state index contributed by atoms with van der Waals surface area (Å²) in [5.74, 6) is -2.08. The Labute approximate surface area is 140 Å². The summed E-state index contributed by atoms with van der Waals surface area (Å²) < 4.78 is 17.7. The van der Waals surface area contributed by atoms with Gasteiger partial charge in [0, 0.05) is 18.0 Å². The van der Waals surface area contributed by atoms with Crippen molar-refractivity contribution in [2.45, 2.75) is 0 Å². The molecule has 2 N–H and O–H groups in total. The Morgan fingerprint density at radius 1 is 1.21 bits per heavy atom. The lowest BCUT2D eigenvalue weighted by atomic mass is 10.2. The fourth-order valence-corrected chi connectivity index (χ4v) is 2.41. The highest BCUT2D eigenvalue weighted by molar-refractivity contribution is 7.13. The minimum atomic E-state index is -0.755. The van der Waals surface area contributed by atoms with Gasteiger partial charge in [-0.1, -0.05) is 0 Å². The maximum Gasteiger partial charge on any atom is 0.358 e. The molecule has 0 aliphatic carbocycles. The van der Waals surface area contributed by atoms with Crippen LogP contribution >= 0.6 is 11.3 Å². The number of halogens is 1. The van der Waals surface area contributed by atoms with Gasteiger partial charge in [0.1, 0.15) is 10.8 Å². The third-order valence-electron chi connectivity index (χ3n) is 2.86. The number of nitrogens with zero attached hydrogens (tertiary/aromatic N) is 1. The molecule has 0 bridgehead atoms. The van der Waals surface area contributed by atoms with Gasteiger partial charge >= 0.3 is 5.97 Å². The molecule has 0 fully saturated rings. The van der Waals surface area contributed by atoms with Crippen molar-refractivity contribution in [2.75, 3.05) is 20.2 Å². The maximum atomic E-state index is 12.9. The number of likely N-dealkylation sites (N-methyl/N-ethyl adjacent to an activating group) is 1. The highest BCUT2D eigenvalue weighted by atomic mass is 32.1. The lowest BCUT2D eigenvalue weighted by Gasteiger charge is -2.04. The number of thiazole rings is 1. The first-order valence-electron chi connectivity index (χ1n) is 6.85. The molecule has 1 aromatic carbocycles. The summed E-state index contributed by atoms with van der Waals surface area (Å²) in [5.41, 5.74) is 0.724. The molecule has 2 aromatic rings. The zero-order valence-electron chi connectivity index (χ0n) is 12.7. The molecule has 126 valence electrons. The van der Waals surface area contributed by atoms with Gasteiger partial charge in [0.15, 0.2) is 12.3 Å². The molecule has 0 spiro atoms. The molecule has 0 aliphatic rings. The molecular formula is C15H14FN3O4S. The summed E-state index contributed by atoms with van der Waals surface area (Å²) in [7, 11) is 1.44. The Balaban J connectivity index is 1.88. The second-order valence-corrected chi connectivity index (χ2v) is 5.43. The summed E-state index contributed by atoms with van der Waals surface area (Å²) in [6.45, 7) is -0.711. The van der Waals surface area contributed by atoms with E-state index in [0.717, 1.165) is 0 Å². The van der Waals surface area contributed by atoms with E-state index in [4.69, 9.17) is 4.74 Å². The smallest absolute Gasteiger partial charge is 0.358 e. The number of ether oxygens (including phenoxy) is 1. The summed E-state index contributed by atoms with van der Waals surface area (Å²) in [5, 5.41) is 6.66. The number of hydrogen-bond acceptors (Lipinski definition) is 6. The predicted octanol–water partition coefficient (Wildman–Crippen LogP) is 0.968. The molecule has 0 radical (unpaired) electrons. The number of amides is 2. The number of carbonyl (C=O) groups excluding carboxylic acids is 3. The Bertz CT molecular complexity index is 745. The minimum absolute atomic E-state index is 0.0541. The number of aromatic nitrogens is 1. The van der Waals surface area contributed by atoms with Crippen molar-refractivity contribution in [1.82, 2.24) is 15.6 Å². The first-order valence-corrected chi connectivity index (χ1v) is 7.73. The third-order valence-corrected chi connectivity index (χ3v) is 3.76. The number of carbonyl (C=O) groups is 3. The Morgan fingerprint density at radius 3 is 2.58 bits per heavy atom. The van der Waals surface area contributed by atoms with Crippen molar-refractivity contribution in [1.29, 1.82) is 0 Å². The van der Waals surface area contributed by atoms with E-state index in [1.54, 1.807) is 12.1 Å². The quantitative estimate of drug-likeness (QED) is 0.756. The summed E-state index contributed by atoms with van der Waals surface area (Å²) in [6.07, 6.45) is 0. The maximum absolute atomic E-state index is 12.9. The molecule has 0 unspecified atom stereocenters. The van der Waals surface area contributed by atoms with Crippen LogP contribution in [0, 0.1) is 5.82 Å². The van der Waals surface area contributed by atoms with Crippen molar-refractivity contribution in [3.05, 3.63) is 41.2 Å². The lowest BCUT2D eigenvalue weighted by Crippen LogP contribution is -2.37. The lowest BCUT2D eigenvalue weighted by molar-refractivity contribution is -0.127. The van der Waals surface area contributed by atoms with Gasteiger partial charge in [-0.2, -0.15) is 0 Å². The van der Waals surface area contributed by atoms with E-state index < -0.39 is 18.5 Å². The molecule has 2 rings (SSSR count). The van der Waals surface area contributed by atoms with Gasteiger partial charge in [-0.05, 0) is 24.3 Å². The van der Waals surface area contributed by atoms with E-state index >= 15 is 0 Å². The van der Waals surface area contributed by atoms with Crippen LogP contribution in [0.1, 0.15) is 10.5 Å². The average Bonchev–Trinajstić information content (AvgIpc) is 3.08. The zero-order valence-corrected chi connectivity index (χ0v) is 13.5. The van der Waals surface area contributed by atoms with Crippen molar-refractivity contribution in [3.63, 3.8) is 0 Å². The Morgan fingerprint density at radius 2 is 1.92 bits per heavy atom. The fourth-order valence-electron chi connectivity index (χ4n) is 1.62. The van der Waals surface area contributed by atoms with E-state index in [1.165, 1.54) is 35.9 Å². The van der Waals surface area contributed by atoms with Gasteiger partial charge in [0.2, 0.25) is 5.91 Å². The van der Waals surface area contributed by atoms with Crippen LogP contribution in [0.15, 0.2) is 29.6 Å². The van der Waals surface area contributed by atoms with Gasteiger partial charge in [0.25, 0.3) is 5.91 Å². The molecule has 0 atom stereocenters. The summed E-state index contributed by atoms with van der Waals surface area (Å²) in [4.78, 5) is 38.4. The van der Waals surface area contributed by atoms with Crippen molar-refractivity contribution in [3.8, 4) is 10.6 Å². The van der Waals surface area contributed by atoms with Crippen molar-refractivity contribution in [2.24, 2.45) is 0 Å². The zero-order chi connectivity index (χ0) is 17.5. The average molecular weight is 351 g/mol. The molecule has 1 heterocycles. The second-order valence-electron chi connectivity index (χ2n) is 4.57. The van der Waals surface area contributed by atoms with Crippen LogP contribution in [0.2, 0.25) is 0 Å². The van der Waals surface area contributed by atoms with Crippen molar-refractivity contribution < 1.29 is 23.5 Å². The van der Waals surface area contributed by atoms with Gasteiger partial charge in [-0.3, -0.25) is 9.59 Å². The topological polar surface area (TPSA) is 97.4 Å². The summed E-state index contributed by atoms with van der Waals surface area (Å²) in [6, 6.07) is 5.70. The molecule has 24 heavy (non-hydrogen) atoms. The van der Waals surface area contributed by atoms with Gasteiger partial charge in [-0.15, -0.1) is 11.3 Å². The van der Waals surface area contributed by atoms with Gasteiger partial charge in [0.05, 0.1) is 6.54 Å². The predicted molar refractivity (Wildman–Crippen MR) is 84.9 cm³/mol. The third kappa shape index (κ3) is 4.85. The van der Waals surface area contributed by atoms with Crippen LogP contribution in [0.25, 0.3) is 10.6 Å². The molecular weight excluding hydrogens is 337 g/mol. The molecule has 2 amide bonds. The number of rotatable bonds is 6. The largest absolute Gasteiger partial charge is 0.451 e. The monoisotopic (exact) mass is 351 g/mol. The summed E-state index contributed by atoms with van der Waals surface area (Å²) >= 11 is 1.20. The number of esters is 1. The molecule has 7 nitrogen and oxygen atoms in total. The van der Waals surface area contributed by atoms with E-state index in [2.05, 4.69) is 15.6 Å². The molecule has 0 saturated heterocycles. The molecule has 1 aromatic heterocycles. The van der Waals surface area contributed by atoms with Crippen molar-refractivity contribution >= 4 is 29.1 Å². The van der Waals surface area contributed by atoms with Crippen LogP contribution in [0.4, 0.5) is 4.39 Å². The Kier molecular flexibility index (Phi) is 5.96. The normalized spacial score (nSPS) is 10.1. The fraction of sp³-hybridized carbons (Fsp3) is 0.200. The number of nitrogens with one attached hydrogen (secondary N) is 2. The van der Waals surface area contributed by atoms with Crippen LogP contribution in [0.5, 0.6) is 0 Å². The van der Waals surface area contributed by atoms with Gasteiger partial charge < -0.3 is 15.4 Å². The number of benzene rings is 1. The van der Waals surface area contributed by atoms with E-state index in [-0.39, 0.29) is 24.0 Å². The minimum Gasteiger partial charge on any atom is -0.451 e. The molecule has 0 aliphatic heterocycles. The van der Waals surface area contributed by atoms with Crippen LogP contribution in [0.3, 0.4) is 0 Å². The molecule has 0 saturated carbocycles. The SMILES string of the molecule is CNC(=O)CNC(=O)COC(=O)c1csc(-c2ccc(F)cc2)n1. The van der Waals surface area contributed by atoms with Crippen LogP contribution < -0.4 is 10.6 Å². The first-order chi connectivity index (χ1) is 11.5. The van der Waals surface area contributed by atoms with E-state index in [0.29, 0.717) is 10.6 Å². The van der Waals surface area contributed by atoms with Crippen LogP contribution in [-0.2, 0) is 14.3 Å². The highest BCUT2D eigenvalue weighted by Crippen LogP contribution is 2.24. The van der Waals surface area contributed by atoms with Crippen LogP contribution in [-0.4, -0.2) is 43.0 Å².